The average Bonchev–Trinajstić information content (AvgIpc) is 3.38. The maximum absolute atomic E-state index is 14.2. The number of hydrogen-bond acceptors (Lipinski definition) is 3. The molecule has 2 aromatic carbocycles. The van der Waals surface area contributed by atoms with Gasteiger partial charge in [-0.1, -0.05) is 18.2 Å². The molecule has 0 unspecified atom stereocenters. The first kappa shape index (κ1) is 16.9. The zero-order chi connectivity index (χ0) is 19.3. The lowest BCUT2D eigenvalue weighted by atomic mass is 10.2. The summed E-state index contributed by atoms with van der Waals surface area (Å²) < 4.78 is 15.8. The van der Waals surface area contributed by atoms with Crippen LogP contribution >= 0.6 is 0 Å². The van der Waals surface area contributed by atoms with Crippen LogP contribution in [0.15, 0.2) is 48.7 Å². The predicted octanol–water partition coefficient (Wildman–Crippen LogP) is 3.39. The summed E-state index contributed by atoms with van der Waals surface area (Å²) in [5.74, 6) is -0.0648. The predicted molar refractivity (Wildman–Crippen MR) is 103 cm³/mol. The molecule has 142 valence electrons. The molecule has 2 amide bonds. The lowest BCUT2D eigenvalue weighted by Crippen LogP contribution is -2.35. The summed E-state index contributed by atoms with van der Waals surface area (Å²) in [4.78, 5) is 28.3. The van der Waals surface area contributed by atoms with Gasteiger partial charge in [0.25, 0.3) is 0 Å². The Kier molecular flexibility index (Phi) is 3.89. The number of halogens is 1. The Bertz CT molecular complexity index is 1090. The topological polar surface area (TPSA) is 58.4 Å². The molecular formula is C21H19FN4O2. The molecule has 2 fully saturated rings. The summed E-state index contributed by atoms with van der Waals surface area (Å²) in [6.45, 7) is 1.22. The van der Waals surface area contributed by atoms with Crippen LogP contribution in [-0.4, -0.2) is 46.1 Å². The monoisotopic (exact) mass is 378 g/mol. The number of aromatic nitrogens is 2. The number of amides is 2. The molecule has 1 saturated carbocycles. The van der Waals surface area contributed by atoms with E-state index in [1.54, 1.807) is 38.9 Å². The van der Waals surface area contributed by atoms with Crippen LogP contribution in [-0.2, 0) is 4.79 Å². The number of ketones is 1. The van der Waals surface area contributed by atoms with E-state index in [0.29, 0.717) is 18.8 Å². The van der Waals surface area contributed by atoms with Crippen molar-refractivity contribution in [3.63, 3.8) is 0 Å². The smallest absolute Gasteiger partial charge is 0.315 e. The minimum Gasteiger partial charge on any atom is -0.315 e. The van der Waals surface area contributed by atoms with Crippen molar-refractivity contribution in [3.8, 4) is 5.69 Å². The van der Waals surface area contributed by atoms with E-state index >= 15 is 0 Å². The number of benzene rings is 2. The molecular weight excluding hydrogens is 359 g/mol. The van der Waals surface area contributed by atoms with Gasteiger partial charge in [0.1, 0.15) is 11.5 Å². The average molecular weight is 378 g/mol. The maximum Gasteiger partial charge on any atom is 0.325 e. The van der Waals surface area contributed by atoms with E-state index < -0.39 is 0 Å². The van der Waals surface area contributed by atoms with Gasteiger partial charge in [0.15, 0.2) is 5.78 Å². The van der Waals surface area contributed by atoms with Gasteiger partial charge in [0.05, 0.1) is 23.9 Å². The largest absolute Gasteiger partial charge is 0.325 e. The van der Waals surface area contributed by atoms with Gasteiger partial charge in [-0.2, -0.15) is 5.10 Å². The molecule has 3 aromatic rings. The maximum atomic E-state index is 14.2. The number of Topliss-reactive ketones (excluding diaryl/α,β-unsaturated/α-hetero) is 1. The number of nitrogens with zero attached hydrogens (tertiary/aromatic N) is 4. The first-order valence-electron chi connectivity index (χ1n) is 9.44. The molecule has 1 aliphatic heterocycles. The minimum absolute atomic E-state index is 0.143. The molecule has 7 heteroatoms. The van der Waals surface area contributed by atoms with Gasteiger partial charge in [-0.15, -0.1) is 0 Å². The number of carbonyl (C=O) groups is 2. The van der Waals surface area contributed by atoms with Crippen molar-refractivity contribution in [2.24, 2.45) is 5.92 Å². The van der Waals surface area contributed by atoms with Gasteiger partial charge in [-0.3, -0.25) is 9.69 Å². The van der Waals surface area contributed by atoms with Crippen LogP contribution in [0.25, 0.3) is 16.6 Å². The second kappa shape index (κ2) is 6.44. The SMILES string of the molecule is O=C(CN1CCN(c2cccc3c2cnn3-c2ccccc2F)C1=O)C1CC1. The van der Waals surface area contributed by atoms with Crippen LogP contribution in [0, 0.1) is 11.7 Å². The van der Waals surface area contributed by atoms with Crippen molar-refractivity contribution in [2.45, 2.75) is 12.8 Å². The van der Waals surface area contributed by atoms with Crippen molar-refractivity contribution in [1.29, 1.82) is 0 Å². The molecule has 0 bridgehead atoms. The van der Waals surface area contributed by atoms with Gasteiger partial charge in [-0.05, 0) is 37.1 Å². The Balaban J connectivity index is 1.48. The molecule has 28 heavy (non-hydrogen) atoms. The van der Waals surface area contributed by atoms with Crippen LogP contribution in [0.4, 0.5) is 14.9 Å². The third-order valence-corrected chi connectivity index (χ3v) is 5.44. The van der Waals surface area contributed by atoms with E-state index in [1.165, 1.54) is 6.07 Å². The number of fused-ring (bicyclic) bond motifs is 1. The number of carbonyl (C=O) groups excluding carboxylic acids is 2. The van der Waals surface area contributed by atoms with Crippen LogP contribution in [0.2, 0.25) is 0 Å². The lowest BCUT2D eigenvalue weighted by Gasteiger charge is -2.19. The number of anilines is 1. The molecule has 0 N–H and O–H groups in total. The molecule has 1 aromatic heterocycles. The molecule has 2 aliphatic rings. The van der Waals surface area contributed by atoms with Crippen LogP contribution < -0.4 is 4.90 Å². The van der Waals surface area contributed by atoms with Crippen LogP contribution in [0.5, 0.6) is 0 Å². The minimum atomic E-state index is -0.361. The Hall–Kier alpha value is -3.22. The van der Waals surface area contributed by atoms with Crippen molar-refractivity contribution >= 4 is 28.4 Å². The van der Waals surface area contributed by atoms with Gasteiger partial charge in [-0.25, -0.2) is 13.9 Å². The van der Waals surface area contributed by atoms with E-state index in [1.807, 2.05) is 18.2 Å². The summed E-state index contributed by atoms with van der Waals surface area (Å²) in [5, 5.41) is 5.13. The van der Waals surface area contributed by atoms with E-state index in [4.69, 9.17) is 0 Å². The van der Waals surface area contributed by atoms with Crippen LogP contribution in [0.1, 0.15) is 12.8 Å². The van der Waals surface area contributed by atoms with Crippen molar-refractivity contribution in [1.82, 2.24) is 14.7 Å². The molecule has 1 aliphatic carbocycles. The highest BCUT2D eigenvalue weighted by atomic mass is 19.1. The van der Waals surface area contributed by atoms with Gasteiger partial charge in [0.2, 0.25) is 0 Å². The van der Waals surface area contributed by atoms with Crippen molar-refractivity contribution in [2.75, 3.05) is 24.5 Å². The molecule has 5 rings (SSSR count). The molecule has 1 saturated heterocycles. The normalized spacial score (nSPS) is 17.0. The summed E-state index contributed by atoms with van der Waals surface area (Å²) in [6.07, 6.45) is 3.54. The molecule has 0 radical (unpaired) electrons. The number of rotatable bonds is 5. The van der Waals surface area contributed by atoms with Gasteiger partial charge in [0, 0.05) is 24.4 Å². The van der Waals surface area contributed by atoms with Crippen LogP contribution in [0.3, 0.4) is 0 Å². The zero-order valence-corrected chi connectivity index (χ0v) is 15.2. The number of urea groups is 1. The lowest BCUT2D eigenvalue weighted by molar-refractivity contribution is -0.120. The van der Waals surface area contributed by atoms with E-state index in [9.17, 15) is 14.0 Å². The molecule has 0 spiro atoms. The Morgan fingerprint density at radius 2 is 1.86 bits per heavy atom. The van der Waals surface area contributed by atoms with E-state index in [-0.39, 0.29) is 30.1 Å². The second-order valence-corrected chi connectivity index (χ2v) is 7.31. The second-order valence-electron chi connectivity index (χ2n) is 7.31. The fourth-order valence-corrected chi connectivity index (χ4v) is 3.76. The number of hydrogen-bond donors (Lipinski definition) is 0. The molecule has 6 nitrogen and oxygen atoms in total. The van der Waals surface area contributed by atoms with E-state index in [2.05, 4.69) is 5.10 Å². The number of para-hydroxylation sites is 1. The summed E-state index contributed by atoms with van der Waals surface area (Å²) in [6, 6.07) is 11.8. The highest BCUT2D eigenvalue weighted by Crippen LogP contribution is 2.33. The fraction of sp³-hybridized carbons (Fsp3) is 0.286. The highest BCUT2D eigenvalue weighted by molar-refractivity contribution is 6.04. The quantitative estimate of drug-likeness (QED) is 0.684. The summed E-state index contributed by atoms with van der Waals surface area (Å²) in [7, 11) is 0. The van der Waals surface area contributed by atoms with E-state index in [0.717, 1.165) is 29.4 Å². The van der Waals surface area contributed by atoms with Gasteiger partial charge >= 0.3 is 6.03 Å². The Morgan fingerprint density at radius 3 is 2.64 bits per heavy atom. The Labute approximate surface area is 161 Å². The highest BCUT2D eigenvalue weighted by Gasteiger charge is 2.36. The van der Waals surface area contributed by atoms with Gasteiger partial charge < -0.3 is 4.90 Å². The van der Waals surface area contributed by atoms with Crippen molar-refractivity contribution in [3.05, 3.63) is 54.5 Å². The first-order valence-corrected chi connectivity index (χ1v) is 9.44. The Morgan fingerprint density at radius 1 is 1.07 bits per heavy atom. The summed E-state index contributed by atoms with van der Waals surface area (Å²) >= 11 is 0. The molecule has 2 heterocycles. The third-order valence-electron chi connectivity index (χ3n) is 5.44. The molecule has 0 atom stereocenters. The summed E-state index contributed by atoms with van der Waals surface area (Å²) in [5.41, 5.74) is 1.81. The zero-order valence-electron chi connectivity index (χ0n) is 15.2. The standard InChI is InChI=1S/C21H19FN4O2/c22-16-4-1-2-5-19(16)26-18-7-3-6-17(15(18)12-23-26)25-11-10-24(21(25)28)13-20(27)14-8-9-14/h1-7,12,14H,8-11,13H2. The fourth-order valence-electron chi connectivity index (χ4n) is 3.76. The van der Waals surface area contributed by atoms with Crippen molar-refractivity contribution < 1.29 is 14.0 Å². The third kappa shape index (κ3) is 2.74. The first-order chi connectivity index (χ1) is 13.6.